The maximum atomic E-state index is 9.70. The van der Waals surface area contributed by atoms with Crippen molar-refractivity contribution >= 4 is 15.7 Å². The normalized spacial score (nSPS) is 9.00. The largest absolute Gasteiger partial charge is 0.218 e. The van der Waals surface area contributed by atoms with Gasteiger partial charge < -0.3 is 0 Å². The molecule has 0 aliphatic carbocycles. The predicted molar refractivity (Wildman–Crippen MR) is 28.8 cm³/mol. The van der Waals surface area contributed by atoms with Crippen LogP contribution in [0.2, 0.25) is 0 Å². The van der Waals surface area contributed by atoms with Crippen LogP contribution in [0.3, 0.4) is 0 Å². The summed E-state index contributed by atoms with van der Waals surface area (Å²) in [5.74, 6) is 0.0123. The van der Waals surface area contributed by atoms with Gasteiger partial charge in [0.25, 0.3) is 0 Å². The minimum Gasteiger partial charge on any atom is -0.184 e. The smallest absolute Gasteiger partial charge is 0.184 e. The zero-order valence-electron chi connectivity index (χ0n) is 4.30. The molecule has 0 N–H and O–H groups in total. The van der Waals surface area contributed by atoms with Crippen LogP contribution in [0.5, 0.6) is 0 Å². The van der Waals surface area contributed by atoms with Gasteiger partial charge in [-0.3, -0.25) is 0 Å². The van der Waals surface area contributed by atoms with E-state index in [1.54, 1.807) is 13.8 Å². The summed E-state index contributed by atoms with van der Waals surface area (Å²) in [6.45, 7) is 3.52. The van der Waals surface area contributed by atoms with Crippen molar-refractivity contribution in [2.75, 3.05) is 0 Å². The van der Waals surface area contributed by atoms with Gasteiger partial charge in [-0.1, -0.05) is 13.8 Å². The van der Waals surface area contributed by atoms with E-state index in [0.717, 1.165) is 0 Å². The van der Waals surface area contributed by atoms with Crippen molar-refractivity contribution in [3.63, 3.8) is 0 Å². The van der Waals surface area contributed by atoms with E-state index in [1.807, 2.05) is 0 Å². The Hall–Kier alpha value is -0.310. The molecule has 0 unspecified atom stereocenters. The van der Waals surface area contributed by atoms with Gasteiger partial charge in [0, 0.05) is 0 Å². The lowest BCUT2D eigenvalue weighted by molar-refractivity contribution is 0.626. The van der Waals surface area contributed by atoms with Crippen molar-refractivity contribution in [3.05, 3.63) is 0 Å². The fourth-order valence-electron chi connectivity index (χ4n) is 0.192. The van der Waals surface area contributed by atoms with E-state index < -0.39 is 10.3 Å². The van der Waals surface area contributed by atoms with Gasteiger partial charge in [-0.05, 0) is 5.92 Å². The van der Waals surface area contributed by atoms with E-state index in [0.29, 0.717) is 0 Å². The molecule has 0 aliphatic rings. The Bertz CT molecular complexity index is 145. The third-order valence-corrected chi connectivity index (χ3v) is 0.996. The Morgan fingerprint density at radius 1 is 1.43 bits per heavy atom. The van der Waals surface area contributed by atoms with Crippen molar-refractivity contribution < 1.29 is 8.42 Å². The molecule has 41 valence electrons. The van der Waals surface area contributed by atoms with Gasteiger partial charge in [-0.15, -0.1) is 0 Å². The molecule has 1 radical (unpaired) electrons. The molecular weight excluding hydrogens is 112 g/mol. The molecule has 0 saturated carbocycles. The zero-order valence-corrected chi connectivity index (χ0v) is 5.12. The standard InChI is InChI=1S/C4H7O2S/c1-4(2)3-7(5)6/h4H,1-2H3. The van der Waals surface area contributed by atoms with E-state index in [4.69, 9.17) is 0 Å². The second-order valence-corrected chi connectivity index (χ2v) is 2.21. The van der Waals surface area contributed by atoms with Crippen molar-refractivity contribution in [2.45, 2.75) is 13.8 Å². The summed E-state index contributed by atoms with van der Waals surface area (Å²) in [5, 5.41) is 2.22. The Balaban J connectivity index is 3.96. The fourth-order valence-corrected chi connectivity index (χ4v) is 0.577. The molecule has 0 rings (SSSR count). The molecule has 0 saturated heterocycles. The van der Waals surface area contributed by atoms with Crippen LogP contribution < -0.4 is 0 Å². The zero-order chi connectivity index (χ0) is 5.86. The highest BCUT2D eigenvalue weighted by atomic mass is 32.2. The summed E-state index contributed by atoms with van der Waals surface area (Å²) in [6, 6.07) is 0. The molecule has 0 aromatic rings. The third kappa shape index (κ3) is 5.69. The Kier molecular flexibility index (Phi) is 2.67. The molecule has 2 nitrogen and oxygen atoms in total. The van der Waals surface area contributed by atoms with Gasteiger partial charge >= 0.3 is 0 Å². The molecule has 0 bridgehead atoms. The van der Waals surface area contributed by atoms with E-state index in [9.17, 15) is 8.42 Å². The highest BCUT2D eigenvalue weighted by Crippen LogP contribution is 1.80. The summed E-state index contributed by atoms with van der Waals surface area (Å²) in [5.41, 5.74) is 0. The van der Waals surface area contributed by atoms with Crippen LogP contribution in [-0.2, 0) is 10.3 Å². The Morgan fingerprint density at radius 2 is 1.86 bits per heavy atom. The van der Waals surface area contributed by atoms with Crippen LogP contribution in [-0.4, -0.2) is 13.8 Å². The highest BCUT2D eigenvalue weighted by molar-refractivity contribution is 7.71. The second kappa shape index (κ2) is 2.80. The van der Waals surface area contributed by atoms with E-state index in [1.165, 1.54) is 0 Å². The van der Waals surface area contributed by atoms with Gasteiger partial charge in [0.2, 0.25) is 10.3 Å². The summed E-state index contributed by atoms with van der Waals surface area (Å²) < 4.78 is 19.4. The molecule has 0 fully saturated rings. The van der Waals surface area contributed by atoms with Gasteiger partial charge in [0.05, 0.1) is 5.37 Å². The van der Waals surface area contributed by atoms with Crippen LogP contribution in [0.1, 0.15) is 13.8 Å². The Labute approximate surface area is 44.7 Å². The van der Waals surface area contributed by atoms with Gasteiger partial charge in [-0.2, -0.15) is 8.42 Å². The first-order chi connectivity index (χ1) is 3.13. The molecule has 0 amide bonds. The molecule has 3 heteroatoms. The van der Waals surface area contributed by atoms with Crippen molar-refractivity contribution in [1.29, 1.82) is 0 Å². The van der Waals surface area contributed by atoms with Crippen molar-refractivity contribution in [2.24, 2.45) is 5.92 Å². The highest BCUT2D eigenvalue weighted by Gasteiger charge is 1.83. The van der Waals surface area contributed by atoms with Crippen LogP contribution in [0.15, 0.2) is 0 Å². The number of hydrogen-bond acceptors (Lipinski definition) is 2. The molecule has 0 aliphatic heterocycles. The molecule has 0 aromatic heterocycles. The summed E-state index contributed by atoms with van der Waals surface area (Å²) in [7, 11) is -2.10. The van der Waals surface area contributed by atoms with E-state index in [2.05, 4.69) is 5.37 Å². The minimum absolute atomic E-state index is 0.0123. The predicted octanol–water partition coefficient (Wildman–Crippen LogP) is 0.201. The van der Waals surface area contributed by atoms with Crippen LogP contribution in [0.25, 0.3) is 0 Å². The minimum atomic E-state index is -2.10. The second-order valence-electron chi connectivity index (χ2n) is 1.51. The fraction of sp³-hybridized carbons (Fsp3) is 0.750. The summed E-state index contributed by atoms with van der Waals surface area (Å²) >= 11 is 0. The lowest BCUT2D eigenvalue weighted by Crippen LogP contribution is -1.86. The van der Waals surface area contributed by atoms with Crippen molar-refractivity contribution in [1.82, 2.24) is 0 Å². The molecule has 0 spiro atoms. The van der Waals surface area contributed by atoms with Gasteiger partial charge in [0.15, 0.2) is 0 Å². The lowest BCUT2D eigenvalue weighted by Gasteiger charge is -1.80. The molecule has 0 heterocycles. The number of hydrogen-bond donors (Lipinski definition) is 0. The van der Waals surface area contributed by atoms with Crippen LogP contribution in [0, 0.1) is 5.92 Å². The quantitative estimate of drug-likeness (QED) is 0.462. The molecule has 7 heavy (non-hydrogen) atoms. The lowest BCUT2D eigenvalue weighted by atomic mass is 10.3. The molecule has 0 atom stereocenters. The summed E-state index contributed by atoms with van der Waals surface area (Å²) in [4.78, 5) is 0. The molecule has 0 aromatic carbocycles. The van der Waals surface area contributed by atoms with E-state index >= 15 is 0 Å². The maximum Gasteiger partial charge on any atom is 0.218 e. The first-order valence-corrected chi connectivity index (χ1v) is 3.06. The summed E-state index contributed by atoms with van der Waals surface area (Å²) in [6.07, 6.45) is 0. The average Bonchev–Trinajstić information content (AvgIpc) is 1.27. The number of rotatable bonds is 1. The first-order valence-electron chi connectivity index (χ1n) is 1.98. The monoisotopic (exact) mass is 119 g/mol. The first kappa shape index (κ1) is 6.69. The van der Waals surface area contributed by atoms with Gasteiger partial charge in [-0.25, -0.2) is 0 Å². The van der Waals surface area contributed by atoms with Crippen molar-refractivity contribution in [3.8, 4) is 0 Å². The van der Waals surface area contributed by atoms with Crippen LogP contribution >= 0.6 is 0 Å². The van der Waals surface area contributed by atoms with E-state index in [-0.39, 0.29) is 5.92 Å². The van der Waals surface area contributed by atoms with Gasteiger partial charge in [0.1, 0.15) is 0 Å². The third-order valence-electron chi connectivity index (χ3n) is 0.332. The Morgan fingerprint density at radius 3 is 1.86 bits per heavy atom. The topological polar surface area (TPSA) is 34.1 Å². The SMILES string of the molecule is CC(C)[C]=S(=O)=O. The van der Waals surface area contributed by atoms with Crippen LogP contribution in [0.4, 0.5) is 0 Å². The molecular formula is C4H7O2S. The maximum absolute atomic E-state index is 9.70. The average molecular weight is 119 g/mol.